The van der Waals surface area contributed by atoms with Crippen molar-refractivity contribution in [2.45, 2.75) is 25.9 Å². The van der Waals surface area contributed by atoms with E-state index in [1.807, 2.05) is 18.2 Å². The van der Waals surface area contributed by atoms with Crippen LogP contribution in [0.3, 0.4) is 0 Å². The van der Waals surface area contributed by atoms with Gasteiger partial charge < -0.3 is 15.3 Å². The number of carboxylic acid groups (broad SMARTS) is 1. The maximum atomic E-state index is 11.8. The van der Waals surface area contributed by atoms with Gasteiger partial charge in [0.1, 0.15) is 6.04 Å². The highest BCUT2D eigenvalue weighted by molar-refractivity contribution is 6.31. The summed E-state index contributed by atoms with van der Waals surface area (Å²) in [7, 11) is 1.59. The second kappa shape index (κ2) is 6.99. The number of hydrogen-bond acceptors (Lipinski definition) is 2. The van der Waals surface area contributed by atoms with E-state index in [0.29, 0.717) is 18.0 Å². The molecular weight excluding hydrogens is 268 g/mol. The zero-order chi connectivity index (χ0) is 14.4. The number of carboxylic acids is 1. The van der Waals surface area contributed by atoms with E-state index in [0.717, 1.165) is 5.56 Å². The Balaban J connectivity index is 2.63. The molecule has 0 saturated heterocycles. The molecular formula is C13H17ClN2O3. The molecule has 1 aromatic carbocycles. The monoisotopic (exact) mass is 284 g/mol. The fraction of sp³-hybridized carbons (Fsp3) is 0.385. The van der Waals surface area contributed by atoms with Crippen molar-refractivity contribution >= 4 is 23.6 Å². The fourth-order valence-electron chi connectivity index (χ4n) is 1.55. The molecule has 0 spiro atoms. The zero-order valence-electron chi connectivity index (χ0n) is 10.9. The topological polar surface area (TPSA) is 69.6 Å². The van der Waals surface area contributed by atoms with Crippen LogP contribution in [-0.4, -0.2) is 35.1 Å². The molecule has 0 aliphatic carbocycles. The highest BCUT2D eigenvalue weighted by Gasteiger charge is 2.20. The molecule has 0 bridgehead atoms. The maximum Gasteiger partial charge on any atom is 0.326 e. The van der Waals surface area contributed by atoms with Gasteiger partial charge in [0.15, 0.2) is 0 Å². The van der Waals surface area contributed by atoms with Crippen molar-refractivity contribution in [3.8, 4) is 0 Å². The lowest BCUT2D eigenvalue weighted by atomic mass is 10.2. The number of carbonyl (C=O) groups is 2. The Labute approximate surface area is 117 Å². The summed E-state index contributed by atoms with van der Waals surface area (Å²) in [4.78, 5) is 24.1. The summed E-state index contributed by atoms with van der Waals surface area (Å²) in [5.41, 5.74) is 0.810. The largest absolute Gasteiger partial charge is 0.480 e. The molecule has 2 amide bonds. The fourth-order valence-corrected chi connectivity index (χ4v) is 1.75. The van der Waals surface area contributed by atoms with E-state index in [-0.39, 0.29) is 0 Å². The summed E-state index contributed by atoms with van der Waals surface area (Å²) in [6.45, 7) is 2.02. The van der Waals surface area contributed by atoms with Crippen molar-refractivity contribution in [1.82, 2.24) is 10.2 Å². The SMILES string of the molecule is CCC(NC(=O)N(C)Cc1ccccc1Cl)C(=O)O. The van der Waals surface area contributed by atoms with Gasteiger partial charge in [-0.25, -0.2) is 9.59 Å². The lowest BCUT2D eigenvalue weighted by Crippen LogP contribution is -2.46. The number of nitrogens with one attached hydrogen (secondary N) is 1. The van der Waals surface area contributed by atoms with Crippen LogP contribution in [-0.2, 0) is 11.3 Å². The molecule has 0 aliphatic rings. The lowest BCUT2D eigenvalue weighted by Gasteiger charge is -2.21. The van der Waals surface area contributed by atoms with Crippen LogP contribution < -0.4 is 5.32 Å². The minimum Gasteiger partial charge on any atom is -0.480 e. The van der Waals surface area contributed by atoms with Gasteiger partial charge in [-0.3, -0.25) is 0 Å². The van der Waals surface area contributed by atoms with Gasteiger partial charge in [-0.1, -0.05) is 36.7 Å². The van der Waals surface area contributed by atoms with Gasteiger partial charge in [-0.15, -0.1) is 0 Å². The first-order chi connectivity index (χ1) is 8.95. The van der Waals surface area contributed by atoms with Crippen LogP contribution in [0.5, 0.6) is 0 Å². The standard InChI is InChI=1S/C13H17ClN2O3/c1-3-11(12(17)18)15-13(19)16(2)8-9-6-4-5-7-10(9)14/h4-7,11H,3,8H2,1-2H3,(H,15,19)(H,17,18). The minimum atomic E-state index is -1.04. The number of hydrogen-bond donors (Lipinski definition) is 2. The Hall–Kier alpha value is -1.75. The zero-order valence-corrected chi connectivity index (χ0v) is 11.6. The number of carbonyl (C=O) groups excluding carboxylic acids is 1. The van der Waals surface area contributed by atoms with Crippen molar-refractivity contribution in [1.29, 1.82) is 0 Å². The van der Waals surface area contributed by atoms with Crippen molar-refractivity contribution in [2.75, 3.05) is 7.05 Å². The van der Waals surface area contributed by atoms with Crippen LogP contribution in [0, 0.1) is 0 Å². The predicted octanol–water partition coefficient (Wildman–Crippen LogP) is 2.34. The number of amides is 2. The van der Waals surface area contributed by atoms with E-state index >= 15 is 0 Å². The van der Waals surface area contributed by atoms with Crippen molar-refractivity contribution < 1.29 is 14.7 Å². The van der Waals surface area contributed by atoms with Gasteiger partial charge in [-0.2, -0.15) is 0 Å². The van der Waals surface area contributed by atoms with Crippen LogP contribution >= 0.6 is 11.6 Å². The van der Waals surface area contributed by atoms with Crippen LogP contribution in [0.4, 0.5) is 4.79 Å². The molecule has 1 atom stereocenters. The number of urea groups is 1. The van der Waals surface area contributed by atoms with Gasteiger partial charge in [-0.05, 0) is 18.1 Å². The van der Waals surface area contributed by atoms with Gasteiger partial charge in [0, 0.05) is 18.6 Å². The highest BCUT2D eigenvalue weighted by Crippen LogP contribution is 2.16. The Morgan fingerprint density at radius 2 is 2.05 bits per heavy atom. The molecule has 5 nitrogen and oxygen atoms in total. The first-order valence-electron chi connectivity index (χ1n) is 5.93. The number of aliphatic carboxylic acids is 1. The average molecular weight is 285 g/mol. The summed E-state index contributed by atoms with van der Waals surface area (Å²) in [6, 6.07) is 5.90. The number of benzene rings is 1. The molecule has 104 valence electrons. The van der Waals surface area contributed by atoms with E-state index < -0.39 is 18.0 Å². The first-order valence-corrected chi connectivity index (χ1v) is 6.31. The summed E-state index contributed by atoms with van der Waals surface area (Å²) >= 11 is 6.00. The third-order valence-electron chi connectivity index (χ3n) is 2.72. The van der Waals surface area contributed by atoms with Crippen LogP contribution in [0.25, 0.3) is 0 Å². The second-order valence-corrected chi connectivity index (χ2v) is 4.60. The first kappa shape index (κ1) is 15.3. The van der Waals surface area contributed by atoms with Crippen LogP contribution in [0.1, 0.15) is 18.9 Å². The van der Waals surface area contributed by atoms with E-state index in [2.05, 4.69) is 5.32 Å². The molecule has 19 heavy (non-hydrogen) atoms. The molecule has 1 aromatic rings. The molecule has 0 fully saturated rings. The van der Waals surface area contributed by atoms with E-state index in [4.69, 9.17) is 16.7 Å². The second-order valence-electron chi connectivity index (χ2n) is 4.20. The molecule has 0 aromatic heterocycles. The van der Waals surface area contributed by atoms with Gasteiger partial charge in [0.25, 0.3) is 0 Å². The van der Waals surface area contributed by atoms with Crippen molar-refractivity contribution in [3.63, 3.8) is 0 Å². The average Bonchev–Trinajstić information content (AvgIpc) is 2.37. The molecule has 0 radical (unpaired) electrons. The Morgan fingerprint density at radius 3 is 2.58 bits per heavy atom. The van der Waals surface area contributed by atoms with Crippen LogP contribution in [0.2, 0.25) is 5.02 Å². The van der Waals surface area contributed by atoms with Crippen LogP contribution in [0.15, 0.2) is 24.3 Å². The molecule has 6 heteroatoms. The molecule has 2 N–H and O–H groups in total. The smallest absolute Gasteiger partial charge is 0.326 e. The summed E-state index contributed by atoms with van der Waals surface area (Å²) in [5, 5.41) is 11.9. The molecule has 1 unspecified atom stereocenters. The van der Waals surface area contributed by atoms with Gasteiger partial charge in [0.2, 0.25) is 0 Å². The summed E-state index contributed by atoms with van der Waals surface area (Å²) in [5.74, 6) is -1.04. The van der Waals surface area contributed by atoms with Gasteiger partial charge in [0.05, 0.1) is 0 Å². The van der Waals surface area contributed by atoms with E-state index in [1.165, 1.54) is 4.90 Å². The number of nitrogens with zero attached hydrogens (tertiary/aromatic N) is 1. The summed E-state index contributed by atoms with van der Waals surface area (Å²) in [6.07, 6.45) is 0.334. The summed E-state index contributed by atoms with van der Waals surface area (Å²) < 4.78 is 0. The minimum absolute atomic E-state index is 0.321. The Bertz CT molecular complexity index is 465. The lowest BCUT2D eigenvalue weighted by molar-refractivity contribution is -0.139. The quantitative estimate of drug-likeness (QED) is 0.872. The third kappa shape index (κ3) is 4.44. The Morgan fingerprint density at radius 1 is 1.42 bits per heavy atom. The number of rotatable bonds is 5. The number of halogens is 1. The predicted molar refractivity (Wildman–Crippen MR) is 73.2 cm³/mol. The third-order valence-corrected chi connectivity index (χ3v) is 3.08. The normalized spacial score (nSPS) is 11.7. The molecule has 0 aliphatic heterocycles. The highest BCUT2D eigenvalue weighted by atomic mass is 35.5. The molecule has 1 rings (SSSR count). The molecule has 0 saturated carbocycles. The molecule has 0 heterocycles. The Kier molecular flexibility index (Phi) is 5.63. The van der Waals surface area contributed by atoms with E-state index in [1.54, 1.807) is 20.0 Å². The maximum absolute atomic E-state index is 11.8. The van der Waals surface area contributed by atoms with E-state index in [9.17, 15) is 9.59 Å². The van der Waals surface area contributed by atoms with Crippen molar-refractivity contribution in [2.24, 2.45) is 0 Å². The van der Waals surface area contributed by atoms with Gasteiger partial charge >= 0.3 is 12.0 Å². The van der Waals surface area contributed by atoms with Crippen molar-refractivity contribution in [3.05, 3.63) is 34.9 Å².